The minimum atomic E-state index is -3.66. The summed E-state index contributed by atoms with van der Waals surface area (Å²) in [6.07, 6.45) is 2.60. The molecule has 28 heavy (non-hydrogen) atoms. The molecule has 0 aliphatic rings. The molecule has 6 nitrogen and oxygen atoms in total. The van der Waals surface area contributed by atoms with Crippen molar-refractivity contribution in [1.82, 2.24) is 9.44 Å². The lowest BCUT2D eigenvalue weighted by atomic mass is 10.2. The highest BCUT2D eigenvalue weighted by molar-refractivity contribution is 7.89. The highest BCUT2D eigenvalue weighted by Crippen LogP contribution is 2.11. The maximum absolute atomic E-state index is 12.8. The predicted octanol–water partition coefficient (Wildman–Crippen LogP) is 2.78. The average molecular weight is 433 g/mol. The predicted molar refractivity (Wildman–Crippen MR) is 102 cm³/mol. The largest absolute Gasteiger partial charge is 0.240 e. The van der Waals surface area contributed by atoms with Gasteiger partial charge in [0.25, 0.3) is 0 Å². The molecule has 154 valence electrons. The van der Waals surface area contributed by atoms with E-state index in [2.05, 4.69) is 9.44 Å². The van der Waals surface area contributed by atoms with Gasteiger partial charge in [0, 0.05) is 13.1 Å². The first-order valence-corrected chi connectivity index (χ1v) is 11.7. The van der Waals surface area contributed by atoms with Gasteiger partial charge in [-0.25, -0.2) is 35.1 Å². The summed E-state index contributed by atoms with van der Waals surface area (Å²) < 4.78 is 78.6. The van der Waals surface area contributed by atoms with Crippen molar-refractivity contribution < 1.29 is 25.6 Å². The van der Waals surface area contributed by atoms with Crippen LogP contribution in [0.1, 0.15) is 25.7 Å². The van der Waals surface area contributed by atoms with Gasteiger partial charge in [-0.1, -0.05) is 12.8 Å². The van der Waals surface area contributed by atoms with Gasteiger partial charge in [0.05, 0.1) is 9.79 Å². The van der Waals surface area contributed by atoms with Crippen molar-refractivity contribution in [2.24, 2.45) is 0 Å². The van der Waals surface area contributed by atoms with Crippen LogP contribution in [0.2, 0.25) is 0 Å². The van der Waals surface area contributed by atoms with Crippen LogP contribution in [0.25, 0.3) is 0 Å². The first kappa shape index (κ1) is 22.4. The second-order valence-corrected chi connectivity index (χ2v) is 9.65. The Hall–Kier alpha value is -1.88. The Morgan fingerprint density at radius 1 is 0.571 bits per heavy atom. The van der Waals surface area contributed by atoms with Crippen LogP contribution in [0.15, 0.2) is 58.3 Å². The molecule has 0 spiro atoms. The van der Waals surface area contributed by atoms with E-state index in [1.165, 1.54) is 24.3 Å². The molecule has 0 saturated carbocycles. The topological polar surface area (TPSA) is 92.3 Å². The molecular formula is C18H22F2N2O4S2. The Labute approximate surface area is 164 Å². The third kappa shape index (κ3) is 6.93. The highest BCUT2D eigenvalue weighted by atomic mass is 32.2. The lowest BCUT2D eigenvalue weighted by Gasteiger charge is -2.08. The van der Waals surface area contributed by atoms with Crippen LogP contribution in [0.4, 0.5) is 8.78 Å². The van der Waals surface area contributed by atoms with Crippen LogP contribution in [-0.2, 0) is 20.0 Å². The van der Waals surface area contributed by atoms with E-state index in [9.17, 15) is 25.6 Å². The van der Waals surface area contributed by atoms with Gasteiger partial charge >= 0.3 is 0 Å². The van der Waals surface area contributed by atoms with Crippen molar-refractivity contribution in [1.29, 1.82) is 0 Å². The zero-order valence-corrected chi connectivity index (χ0v) is 16.7. The fourth-order valence-corrected chi connectivity index (χ4v) is 4.56. The van der Waals surface area contributed by atoms with Gasteiger partial charge < -0.3 is 0 Å². The van der Waals surface area contributed by atoms with Crippen molar-refractivity contribution in [3.05, 3.63) is 60.2 Å². The zero-order valence-electron chi connectivity index (χ0n) is 15.1. The van der Waals surface area contributed by atoms with E-state index >= 15 is 0 Å². The van der Waals surface area contributed by atoms with Gasteiger partial charge in [0.2, 0.25) is 20.0 Å². The molecule has 0 bridgehead atoms. The second kappa shape index (κ2) is 10.1. The van der Waals surface area contributed by atoms with E-state index in [0.717, 1.165) is 24.3 Å². The summed E-state index contributed by atoms with van der Waals surface area (Å²) in [6.45, 7) is 0.474. The first-order valence-electron chi connectivity index (χ1n) is 8.71. The molecule has 0 aliphatic heterocycles. The summed E-state index contributed by atoms with van der Waals surface area (Å²) in [5.41, 5.74) is 0. The summed E-state index contributed by atoms with van der Waals surface area (Å²) >= 11 is 0. The third-order valence-corrected chi connectivity index (χ3v) is 6.89. The SMILES string of the molecule is O=S(=O)(NCCCCCCNS(=O)(=O)c1ccc(F)cc1)c1ccc(F)cc1. The molecule has 0 unspecified atom stereocenters. The number of sulfonamides is 2. The number of benzene rings is 2. The summed E-state index contributed by atoms with van der Waals surface area (Å²) in [5.74, 6) is -1.01. The quantitative estimate of drug-likeness (QED) is 0.534. The van der Waals surface area contributed by atoms with Crippen LogP contribution < -0.4 is 9.44 Å². The summed E-state index contributed by atoms with van der Waals surface area (Å²) in [6, 6.07) is 9.14. The lowest BCUT2D eigenvalue weighted by Crippen LogP contribution is -2.25. The van der Waals surface area contributed by atoms with Gasteiger partial charge in [-0.05, 0) is 61.4 Å². The second-order valence-electron chi connectivity index (χ2n) is 6.12. The Bertz CT molecular complexity index is 880. The van der Waals surface area contributed by atoms with Gasteiger partial charge in [0.15, 0.2) is 0 Å². The molecule has 10 heteroatoms. The number of hydrogen-bond acceptors (Lipinski definition) is 4. The van der Waals surface area contributed by atoms with E-state index < -0.39 is 31.7 Å². The number of rotatable bonds is 11. The van der Waals surface area contributed by atoms with Crippen molar-refractivity contribution in [3.63, 3.8) is 0 Å². The molecule has 2 rings (SSSR count). The van der Waals surface area contributed by atoms with Gasteiger partial charge in [-0.3, -0.25) is 0 Å². The standard InChI is InChI=1S/C18H22F2N2O4S2/c19-15-5-9-17(10-6-15)27(23,24)21-13-3-1-2-4-14-22-28(25,26)18-11-7-16(20)8-12-18/h5-12,21-22H,1-4,13-14H2. The van der Waals surface area contributed by atoms with Gasteiger partial charge in [0.1, 0.15) is 11.6 Å². The Kier molecular flexibility index (Phi) is 8.05. The molecule has 0 aliphatic carbocycles. The molecule has 0 saturated heterocycles. The van der Waals surface area contributed by atoms with E-state index in [0.29, 0.717) is 25.7 Å². The van der Waals surface area contributed by atoms with Crippen molar-refractivity contribution in [2.75, 3.05) is 13.1 Å². The van der Waals surface area contributed by atoms with Crippen LogP contribution in [-0.4, -0.2) is 29.9 Å². The molecule has 0 atom stereocenters. The van der Waals surface area contributed by atoms with E-state index in [4.69, 9.17) is 0 Å². The number of unbranched alkanes of at least 4 members (excludes halogenated alkanes) is 3. The monoisotopic (exact) mass is 432 g/mol. The Morgan fingerprint density at radius 2 is 0.893 bits per heavy atom. The molecule has 2 aromatic rings. The highest BCUT2D eigenvalue weighted by Gasteiger charge is 2.14. The minimum Gasteiger partial charge on any atom is -0.211 e. The van der Waals surface area contributed by atoms with E-state index in [1.54, 1.807) is 0 Å². The lowest BCUT2D eigenvalue weighted by molar-refractivity contribution is 0.562. The van der Waals surface area contributed by atoms with Crippen LogP contribution >= 0.6 is 0 Å². The van der Waals surface area contributed by atoms with Gasteiger partial charge in [-0.15, -0.1) is 0 Å². The number of nitrogens with one attached hydrogen (secondary N) is 2. The maximum Gasteiger partial charge on any atom is 0.240 e. The molecule has 0 amide bonds. The molecule has 2 N–H and O–H groups in total. The molecule has 0 heterocycles. The Morgan fingerprint density at radius 3 is 1.21 bits per heavy atom. The number of halogens is 2. The number of hydrogen-bond donors (Lipinski definition) is 2. The summed E-state index contributed by atoms with van der Waals surface area (Å²) in [5, 5.41) is 0. The maximum atomic E-state index is 12.8. The van der Waals surface area contributed by atoms with Crippen LogP contribution in [0, 0.1) is 11.6 Å². The molecule has 2 aromatic carbocycles. The molecule has 0 fully saturated rings. The van der Waals surface area contributed by atoms with Crippen molar-refractivity contribution >= 4 is 20.0 Å². The molecule has 0 aromatic heterocycles. The Balaban J connectivity index is 1.63. The minimum absolute atomic E-state index is 0.00380. The van der Waals surface area contributed by atoms with Gasteiger partial charge in [-0.2, -0.15) is 0 Å². The van der Waals surface area contributed by atoms with Crippen molar-refractivity contribution in [2.45, 2.75) is 35.5 Å². The normalized spacial score (nSPS) is 12.2. The third-order valence-electron chi connectivity index (χ3n) is 3.94. The summed E-state index contributed by atoms with van der Waals surface area (Å²) in [4.78, 5) is 0.00759. The summed E-state index contributed by atoms with van der Waals surface area (Å²) in [7, 11) is -7.33. The zero-order chi connectivity index (χ0) is 20.6. The van der Waals surface area contributed by atoms with E-state index in [1.807, 2.05) is 0 Å². The van der Waals surface area contributed by atoms with Crippen LogP contribution in [0.3, 0.4) is 0 Å². The van der Waals surface area contributed by atoms with E-state index in [-0.39, 0.29) is 22.9 Å². The average Bonchev–Trinajstić information content (AvgIpc) is 2.64. The first-order chi connectivity index (χ1) is 13.2. The smallest absolute Gasteiger partial charge is 0.211 e. The van der Waals surface area contributed by atoms with Crippen LogP contribution in [0.5, 0.6) is 0 Å². The molecule has 0 radical (unpaired) electrons. The molecular weight excluding hydrogens is 410 g/mol. The fraction of sp³-hybridized carbons (Fsp3) is 0.333. The van der Waals surface area contributed by atoms with Crippen molar-refractivity contribution in [3.8, 4) is 0 Å². The fourth-order valence-electron chi connectivity index (χ4n) is 2.41.